The number of hydrogen-bond donors (Lipinski definition) is 3. The van der Waals surface area contributed by atoms with E-state index in [0.29, 0.717) is 6.54 Å². The average Bonchev–Trinajstić information content (AvgIpc) is 2.61. The van der Waals surface area contributed by atoms with Gasteiger partial charge in [-0.05, 0) is 31.7 Å². The van der Waals surface area contributed by atoms with Crippen LogP contribution in [0.15, 0.2) is 30.3 Å². The van der Waals surface area contributed by atoms with Crippen LogP contribution in [0.4, 0.5) is 4.79 Å². The fraction of sp³-hybridized carbons (Fsp3) is 0.632. The number of amides is 2. The van der Waals surface area contributed by atoms with Gasteiger partial charge in [-0.3, -0.25) is 0 Å². The van der Waals surface area contributed by atoms with Crippen LogP contribution in [0.3, 0.4) is 0 Å². The summed E-state index contributed by atoms with van der Waals surface area (Å²) < 4.78 is 5.96. The van der Waals surface area contributed by atoms with Crippen LogP contribution in [0.25, 0.3) is 0 Å². The summed E-state index contributed by atoms with van der Waals surface area (Å²) in [4.78, 5) is 12.2. The Morgan fingerprint density at radius 3 is 2.79 bits per heavy atom. The number of aliphatic hydroxyl groups is 1. The predicted molar refractivity (Wildman–Crippen MR) is 94.8 cm³/mol. The molecular formula is C19H30N2O3. The molecule has 0 aromatic heterocycles. The Morgan fingerprint density at radius 2 is 2.12 bits per heavy atom. The second-order valence-electron chi connectivity index (χ2n) is 6.91. The first-order valence-corrected chi connectivity index (χ1v) is 8.91. The van der Waals surface area contributed by atoms with E-state index in [1.54, 1.807) is 0 Å². The molecule has 0 aliphatic carbocycles. The normalized spacial score (nSPS) is 23.3. The summed E-state index contributed by atoms with van der Waals surface area (Å²) in [6.07, 6.45) is 3.73. The van der Waals surface area contributed by atoms with Crippen molar-refractivity contribution in [1.82, 2.24) is 10.6 Å². The molecule has 134 valence electrons. The van der Waals surface area contributed by atoms with Crippen LogP contribution in [-0.4, -0.2) is 36.4 Å². The Hall–Kier alpha value is -1.59. The maximum absolute atomic E-state index is 12.2. The third kappa shape index (κ3) is 5.21. The third-order valence-electron chi connectivity index (χ3n) is 4.66. The van der Waals surface area contributed by atoms with Gasteiger partial charge in [-0.25, -0.2) is 4.79 Å². The number of ether oxygens (including phenoxy) is 1. The second kappa shape index (κ2) is 9.04. The lowest BCUT2D eigenvalue weighted by atomic mass is 9.89. The van der Waals surface area contributed by atoms with E-state index in [2.05, 4.69) is 22.8 Å². The van der Waals surface area contributed by atoms with E-state index in [4.69, 9.17) is 4.74 Å². The van der Waals surface area contributed by atoms with Gasteiger partial charge in [0.25, 0.3) is 0 Å². The van der Waals surface area contributed by atoms with Crippen LogP contribution < -0.4 is 10.6 Å². The van der Waals surface area contributed by atoms with E-state index in [9.17, 15) is 9.90 Å². The summed E-state index contributed by atoms with van der Waals surface area (Å²) in [5.74, 6) is 0.262. The number of aliphatic hydroxyl groups excluding tert-OH is 1. The Labute approximate surface area is 144 Å². The summed E-state index contributed by atoms with van der Waals surface area (Å²) >= 11 is 0. The summed E-state index contributed by atoms with van der Waals surface area (Å²) in [6.45, 7) is 5.18. The number of hydrogen-bond acceptors (Lipinski definition) is 3. The standard InChI is InChI=1S/C19H30N2O3/c1-3-11-19(2,14-22)21-18(23)20-13-16-10-7-12-24-17(16)15-8-5-4-6-9-15/h4-6,8-9,16-17,22H,3,7,10-14H2,1-2H3,(H2,20,21,23). The van der Waals surface area contributed by atoms with E-state index in [-0.39, 0.29) is 24.7 Å². The van der Waals surface area contributed by atoms with E-state index in [1.165, 1.54) is 0 Å². The molecule has 0 radical (unpaired) electrons. The van der Waals surface area contributed by atoms with Crippen molar-refractivity contribution in [2.75, 3.05) is 19.8 Å². The summed E-state index contributed by atoms with van der Waals surface area (Å²) in [5.41, 5.74) is 0.594. The fourth-order valence-electron chi connectivity index (χ4n) is 3.34. The maximum atomic E-state index is 12.2. The van der Waals surface area contributed by atoms with Crippen LogP contribution in [-0.2, 0) is 4.74 Å². The van der Waals surface area contributed by atoms with Crippen LogP contribution in [0.2, 0.25) is 0 Å². The molecule has 1 heterocycles. The smallest absolute Gasteiger partial charge is 0.315 e. The SMILES string of the molecule is CCCC(C)(CO)NC(=O)NCC1CCCOC1c1ccccc1. The molecule has 1 aromatic carbocycles. The van der Waals surface area contributed by atoms with Crippen molar-refractivity contribution in [2.45, 2.75) is 51.2 Å². The van der Waals surface area contributed by atoms with Gasteiger partial charge in [-0.15, -0.1) is 0 Å². The highest BCUT2D eigenvalue weighted by Gasteiger charge is 2.29. The molecule has 2 amide bonds. The minimum Gasteiger partial charge on any atom is -0.394 e. The van der Waals surface area contributed by atoms with Gasteiger partial charge in [-0.1, -0.05) is 43.7 Å². The lowest BCUT2D eigenvalue weighted by molar-refractivity contribution is -0.0269. The van der Waals surface area contributed by atoms with Crippen LogP contribution in [0, 0.1) is 5.92 Å². The molecule has 1 fully saturated rings. The number of carbonyl (C=O) groups is 1. The Kier molecular flexibility index (Phi) is 7.06. The molecule has 3 atom stereocenters. The molecular weight excluding hydrogens is 304 g/mol. The molecule has 5 heteroatoms. The molecule has 2 rings (SSSR count). The highest BCUT2D eigenvalue weighted by Crippen LogP contribution is 2.33. The van der Waals surface area contributed by atoms with Crippen molar-refractivity contribution in [1.29, 1.82) is 0 Å². The van der Waals surface area contributed by atoms with Crippen LogP contribution in [0.5, 0.6) is 0 Å². The minimum atomic E-state index is -0.569. The zero-order valence-corrected chi connectivity index (χ0v) is 14.8. The van der Waals surface area contributed by atoms with E-state index in [1.807, 2.05) is 32.0 Å². The first-order valence-electron chi connectivity index (χ1n) is 8.91. The molecule has 1 aromatic rings. The number of benzene rings is 1. The lowest BCUT2D eigenvalue weighted by Crippen LogP contribution is -2.53. The summed E-state index contributed by atoms with van der Waals surface area (Å²) in [6, 6.07) is 9.96. The van der Waals surface area contributed by atoms with E-state index >= 15 is 0 Å². The molecule has 0 saturated carbocycles. The van der Waals surface area contributed by atoms with Crippen molar-refractivity contribution in [3.05, 3.63) is 35.9 Å². The second-order valence-corrected chi connectivity index (χ2v) is 6.91. The first-order chi connectivity index (χ1) is 11.6. The van der Waals surface area contributed by atoms with Crippen molar-refractivity contribution in [3.63, 3.8) is 0 Å². The van der Waals surface area contributed by atoms with Gasteiger partial charge < -0.3 is 20.5 Å². The highest BCUT2D eigenvalue weighted by atomic mass is 16.5. The van der Waals surface area contributed by atoms with Gasteiger partial charge in [0, 0.05) is 19.1 Å². The lowest BCUT2D eigenvalue weighted by Gasteiger charge is -2.33. The van der Waals surface area contributed by atoms with Gasteiger partial charge in [0.2, 0.25) is 0 Å². The molecule has 0 bridgehead atoms. The first kappa shape index (κ1) is 18.7. The highest BCUT2D eigenvalue weighted by molar-refractivity contribution is 5.74. The number of carbonyl (C=O) groups excluding carboxylic acids is 1. The number of urea groups is 1. The van der Waals surface area contributed by atoms with E-state index < -0.39 is 5.54 Å². The van der Waals surface area contributed by atoms with Gasteiger partial charge >= 0.3 is 6.03 Å². The third-order valence-corrected chi connectivity index (χ3v) is 4.66. The minimum absolute atomic E-state index is 0.0279. The molecule has 1 saturated heterocycles. The fourth-order valence-corrected chi connectivity index (χ4v) is 3.34. The zero-order valence-electron chi connectivity index (χ0n) is 14.8. The summed E-state index contributed by atoms with van der Waals surface area (Å²) in [5, 5.41) is 15.4. The largest absolute Gasteiger partial charge is 0.394 e. The monoisotopic (exact) mass is 334 g/mol. The van der Waals surface area contributed by atoms with E-state index in [0.717, 1.165) is 37.9 Å². The van der Waals surface area contributed by atoms with Crippen molar-refractivity contribution in [2.24, 2.45) is 5.92 Å². The Morgan fingerprint density at radius 1 is 1.38 bits per heavy atom. The van der Waals surface area contributed by atoms with Crippen LogP contribution >= 0.6 is 0 Å². The van der Waals surface area contributed by atoms with Crippen molar-refractivity contribution >= 4 is 6.03 Å². The molecule has 1 aliphatic heterocycles. The topological polar surface area (TPSA) is 70.6 Å². The van der Waals surface area contributed by atoms with Gasteiger partial charge in [-0.2, -0.15) is 0 Å². The Bertz CT molecular complexity index is 509. The van der Waals surface area contributed by atoms with Crippen LogP contribution in [0.1, 0.15) is 51.2 Å². The van der Waals surface area contributed by atoms with Crippen molar-refractivity contribution in [3.8, 4) is 0 Å². The molecule has 5 nitrogen and oxygen atoms in total. The van der Waals surface area contributed by atoms with Crippen molar-refractivity contribution < 1.29 is 14.6 Å². The molecule has 3 N–H and O–H groups in total. The number of rotatable bonds is 7. The molecule has 1 aliphatic rings. The number of nitrogens with one attached hydrogen (secondary N) is 2. The molecule has 0 spiro atoms. The average molecular weight is 334 g/mol. The maximum Gasteiger partial charge on any atom is 0.315 e. The Balaban J connectivity index is 1.90. The molecule has 24 heavy (non-hydrogen) atoms. The zero-order chi connectivity index (χ0) is 17.4. The van der Waals surface area contributed by atoms with Gasteiger partial charge in [0.1, 0.15) is 0 Å². The predicted octanol–water partition coefficient (Wildman–Crippen LogP) is 3.00. The molecule has 3 unspecified atom stereocenters. The quantitative estimate of drug-likeness (QED) is 0.718. The summed E-state index contributed by atoms with van der Waals surface area (Å²) in [7, 11) is 0. The van der Waals surface area contributed by atoms with Gasteiger partial charge in [0.15, 0.2) is 0 Å². The van der Waals surface area contributed by atoms with Gasteiger partial charge in [0.05, 0.1) is 18.2 Å².